The Kier molecular flexibility index (Phi) is 2.52. The fourth-order valence-corrected chi connectivity index (χ4v) is 3.27. The Morgan fingerprint density at radius 2 is 2.00 bits per heavy atom. The molecule has 0 aliphatic heterocycles. The highest BCUT2D eigenvalue weighted by atomic mass is 16.4. The van der Waals surface area contributed by atoms with Gasteiger partial charge in [0.2, 0.25) is 0 Å². The number of carboxylic acids is 1. The molecule has 3 heteroatoms. The van der Waals surface area contributed by atoms with Crippen LogP contribution < -0.4 is 5.32 Å². The van der Waals surface area contributed by atoms with Crippen molar-refractivity contribution < 1.29 is 9.90 Å². The number of carbonyl (C=O) groups is 1. The van der Waals surface area contributed by atoms with Gasteiger partial charge in [0, 0.05) is 12.1 Å². The van der Waals surface area contributed by atoms with Gasteiger partial charge in [0.15, 0.2) is 0 Å². The summed E-state index contributed by atoms with van der Waals surface area (Å²) in [7, 11) is 0. The van der Waals surface area contributed by atoms with Crippen LogP contribution in [0.2, 0.25) is 0 Å². The van der Waals surface area contributed by atoms with Gasteiger partial charge in [0.25, 0.3) is 0 Å². The summed E-state index contributed by atoms with van der Waals surface area (Å²) in [5.74, 6) is 0.323. The maximum atomic E-state index is 11.1. The third kappa shape index (κ3) is 1.54. The zero-order valence-electron chi connectivity index (χ0n) is 8.86. The van der Waals surface area contributed by atoms with Crippen molar-refractivity contribution in [2.45, 2.75) is 45.2 Å². The Labute approximate surface area is 84.9 Å². The standard InChI is InChI=1S/C11H19NO2/c1-6(2)12-10-8-4-3-7(5-8)9(10)11(13)14/h6-10,12H,3-5H2,1-2H3,(H,13,14). The van der Waals surface area contributed by atoms with Gasteiger partial charge in [-0.15, -0.1) is 0 Å². The molecule has 0 aromatic rings. The third-order valence-electron chi connectivity index (χ3n) is 3.73. The topological polar surface area (TPSA) is 49.3 Å². The highest BCUT2D eigenvalue weighted by Crippen LogP contribution is 2.48. The van der Waals surface area contributed by atoms with Crippen molar-refractivity contribution in [3.8, 4) is 0 Å². The van der Waals surface area contributed by atoms with E-state index in [-0.39, 0.29) is 12.0 Å². The van der Waals surface area contributed by atoms with E-state index in [9.17, 15) is 9.90 Å². The van der Waals surface area contributed by atoms with Crippen LogP contribution in [0.25, 0.3) is 0 Å². The van der Waals surface area contributed by atoms with E-state index in [1.54, 1.807) is 0 Å². The van der Waals surface area contributed by atoms with E-state index in [1.165, 1.54) is 6.42 Å². The molecule has 0 amide bonds. The van der Waals surface area contributed by atoms with E-state index in [4.69, 9.17) is 0 Å². The van der Waals surface area contributed by atoms with Gasteiger partial charge in [0.1, 0.15) is 0 Å². The largest absolute Gasteiger partial charge is 0.481 e. The average Bonchev–Trinajstić information content (AvgIpc) is 2.61. The van der Waals surface area contributed by atoms with Crippen molar-refractivity contribution in [1.82, 2.24) is 5.32 Å². The molecular formula is C11H19NO2. The number of aliphatic carboxylic acids is 1. The molecule has 0 aromatic carbocycles. The van der Waals surface area contributed by atoms with Gasteiger partial charge < -0.3 is 10.4 Å². The van der Waals surface area contributed by atoms with E-state index in [1.807, 2.05) is 0 Å². The quantitative estimate of drug-likeness (QED) is 0.720. The lowest BCUT2D eigenvalue weighted by Crippen LogP contribution is -2.46. The second-order valence-corrected chi connectivity index (χ2v) is 5.04. The molecule has 2 N–H and O–H groups in total. The van der Waals surface area contributed by atoms with Crippen LogP contribution in [0, 0.1) is 17.8 Å². The highest BCUT2D eigenvalue weighted by Gasteiger charge is 2.50. The summed E-state index contributed by atoms with van der Waals surface area (Å²) in [5.41, 5.74) is 0. The fourth-order valence-electron chi connectivity index (χ4n) is 3.27. The first-order valence-corrected chi connectivity index (χ1v) is 5.58. The predicted molar refractivity (Wildman–Crippen MR) is 54.0 cm³/mol. The van der Waals surface area contributed by atoms with E-state index in [0.717, 1.165) is 12.8 Å². The van der Waals surface area contributed by atoms with Crippen LogP contribution in [0.1, 0.15) is 33.1 Å². The number of hydrogen-bond acceptors (Lipinski definition) is 2. The molecule has 0 saturated heterocycles. The second kappa shape index (κ2) is 3.54. The molecule has 0 radical (unpaired) electrons. The minimum Gasteiger partial charge on any atom is -0.481 e. The predicted octanol–water partition coefficient (Wildman–Crippen LogP) is 1.48. The van der Waals surface area contributed by atoms with Gasteiger partial charge in [0.05, 0.1) is 5.92 Å². The molecule has 4 unspecified atom stereocenters. The number of rotatable bonds is 3. The summed E-state index contributed by atoms with van der Waals surface area (Å²) in [4.78, 5) is 11.1. The lowest BCUT2D eigenvalue weighted by molar-refractivity contribution is -0.144. The maximum Gasteiger partial charge on any atom is 0.308 e. The maximum absolute atomic E-state index is 11.1. The number of carboxylic acid groups (broad SMARTS) is 1. The average molecular weight is 197 g/mol. The zero-order chi connectivity index (χ0) is 10.3. The zero-order valence-corrected chi connectivity index (χ0v) is 8.86. The molecule has 2 saturated carbocycles. The Morgan fingerprint density at radius 1 is 1.36 bits per heavy atom. The van der Waals surface area contributed by atoms with Crippen LogP contribution in [0.4, 0.5) is 0 Å². The van der Waals surface area contributed by atoms with Gasteiger partial charge in [-0.1, -0.05) is 13.8 Å². The highest BCUT2D eigenvalue weighted by molar-refractivity contribution is 5.72. The SMILES string of the molecule is CC(C)NC1C2CCC(C2)C1C(=O)O. The molecule has 14 heavy (non-hydrogen) atoms. The van der Waals surface area contributed by atoms with Gasteiger partial charge in [-0.05, 0) is 31.1 Å². The molecule has 0 spiro atoms. The second-order valence-electron chi connectivity index (χ2n) is 5.04. The van der Waals surface area contributed by atoms with Crippen LogP contribution in [-0.2, 0) is 4.79 Å². The lowest BCUT2D eigenvalue weighted by Gasteiger charge is -2.30. The molecule has 2 rings (SSSR count). The third-order valence-corrected chi connectivity index (χ3v) is 3.73. The number of hydrogen-bond donors (Lipinski definition) is 2. The molecule has 0 aromatic heterocycles. The van der Waals surface area contributed by atoms with Crippen LogP contribution >= 0.6 is 0 Å². The molecule has 2 fully saturated rings. The minimum atomic E-state index is -0.602. The smallest absolute Gasteiger partial charge is 0.308 e. The number of fused-ring (bicyclic) bond motifs is 2. The van der Waals surface area contributed by atoms with Crippen LogP contribution in [0.15, 0.2) is 0 Å². The van der Waals surface area contributed by atoms with Crippen LogP contribution in [0.3, 0.4) is 0 Å². The van der Waals surface area contributed by atoms with Gasteiger partial charge in [-0.25, -0.2) is 0 Å². The van der Waals surface area contributed by atoms with E-state index < -0.39 is 5.97 Å². The molecule has 2 bridgehead atoms. The minimum absolute atomic E-state index is 0.129. The fraction of sp³-hybridized carbons (Fsp3) is 0.909. The molecular weight excluding hydrogens is 178 g/mol. The van der Waals surface area contributed by atoms with Crippen molar-refractivity contribution in [3.63, 3.8) is 0 Å². The molecule has 4 atom stereocenters. The monoisotopic (exact) mass is 197 g/mol. The molecule has 2 aliphatic rings. The summed E-state index contributed by atoms with van der Waals surface area (Å²) >= 11 is 0. The summed E-state index contributed by atoms with van der Waals surface area (Å²) in [6.45, 7) is 4.18. The summed E-state index contributed by atoms with van der Waals surface area (Å²) in [6, 6.07) is 0.618. The first-order chi connectivity index (χ1) is 6.59. The normalized spacial score (nSPS) is 40.8. The van der Waals surface area contributed by atoms with Crippen molar-refractivity contribution in [2.24, 2.45) is 17.8 Å². The van der Waals surface area contributed by atoms with E-state index >= 15 is 0 Å². The van der Waals surface area contributed by atoms with Crippen molar-refractivity contribution >= 4 is 5.97 Å². The molecule has 80 valence electrons. The Bertz CT molecular complexity index is 239. The van der Waals surface area contributed by atoms with Gasteiger partial charge in [-0.2, -0.15) is 0 Å². The molecule has 0 heterocycles. The summed E-state index contributed by atoms with van der Waals surface area (Å²) in [5, 5.41) is 12.6. The van der Waals surface area contributed by atoms with Gasteiger partial charge >= 0.3 is 5.97 Å². The van der Waals surface area contributed by atoms with E-state index in [0.29, 0.717) is 17.9 Å². The van der Waals surface area contributed by atoms with Crippen molar-refractivity contribution in [2.75, 3.05) is 0 Å². The summed E-state index contributed by atoms with van der Waals surface area (Å²) in [6.07, 6.45) is 3.47. The van der Waals surface area contributed by atoms with Crippen molar-refractivity contribution in [1.29, 1.82) is 0 Å². The first kappa shape index (κ1) is 9.97. The summed E-state index contributed by atoms with van der Waals surface area (Å²) < 4.78 is 0. The van der Waals surface area contributed by atoms with Crippen molar-refractivity contribution in [3.05, 3.63) is 0 Å². The molecule has 2 aliphatic carbocycles. The Hall–Kier alpha value is -0.570. The van der Waals surface area contributed by atoms with Crippen LogP contribution in [0.5, 0.6) is 0 Å². The Morgan fingerprint density at radius 3 is 2.57 bits per heavy atom. The first-order valence-electron chi connectivity index (χ1n) is 5.58. The molecule has 3 nitrogen and oxygen atoms in total. The number of nitrogens with one attached hydrogen (secondary N) is 1. The Balaban J connectivity index is 2.09. The van der Waals surface area contributed by atoms with Gasteiger partial charge in [-0.3, -0.25) is 4.79 Å². The lowest BCUT2D eigenvalue weighted by atomic mass is 9.84. The van der Waals surface area contributed by atoms with E-state index in [2.05, 4.69) is 19.2 Å². The van der Waals surface area contributed by atoms with Crippen LogP contribution in [-0.4, -0.2) is 23.2 Å².